The fourth-order valence-electron chi connectivity index (χ4n) is 2.18. The first kappa shape index (κ1) is 17.1. The predicted octanol–water partition coefficient (Wildman–Crippen LogP) is 4.33. The second-order valence-electron chi connectivity index (χ2n) is 5.39. The first-order valence-corrected chi connectivity index (χ1v) is 7.69. The summed E-state index contributed by atoms with van der Waals surface area (Å²) in [5, 5.41) is 0.622. The molecule has 3 nitrogen and oxygen atoms in total. The van der Waals surface area contributed by atoms with Gasteiger partial charge in [0.05, 0.1) is 7.11 Å². The van der Waals surface area contributed by atoms with Gasteiger partial charge in [-0.05, 0) is 36.8 Å². The molecular formula is C19H20ClNO2. The van der Waals surface area contributed by atoms with E-state index in [1.54, 1.807) is 37.3 Å². The van der Waals surface area contributed by atoms with Crippen LogP contribution in [-0.4, -0.2) is 25.0 Å². The molecule has 0 unspecified atom stereocenters. The number of rotatable bonds is 5. The van der Waals surface area contributed by atoms with Crippen LogP contribution in [0.2, 0.25) is 5.02 Å². The Labute approximate surface area is 142 Å². The Balaban J connectivity index is 2.05. The van der Waals surface area contributed by atoms with Crippen LogP contribution in [0.25, 0.3) is 6.08 Å². The van der Waals surface area contributed by atoms with E-state index < -0.39 is 0 Å². The molecule has 120 valence electrons. The number of hydrogen-bond acceptors (Lipinski definition) is 2. The lowest BCUT2D eigenvalue weighted by Gasteiger charge is -2.17. The van der Waals surface area contributed by atoms with Crippen molar-refractivity contribution in [2.75, 3.05) is 14.2 Å². The van der Waals surface area contributed by atoms with Gasteiger partial charge in [-0.2, -0.15) is 0 Å². The lowest BCUT2D eigenvalue weighted by atomic mass is 10.1. The molecule has 0 spiro atoms. The normalized spacial score (nSPS) is 10.8. The van der Waals surface area contributed by atoms with Crippen LogP contribution in [0.15, 0.2) is 48.5 Å². The Kier molecular flexibility index (Phi) is 5.83. The molecule has 0 atom stereocenters. The lowest BCUT2D eigenvalue weighted by Crippen LogP contribution is -2.24. The zero-order valence-electron chi connectivity index (χ0n) is 13.5. The molecule has 23 heavy (non-hydrogen) atoms. The molecule has 0 saturated carbocycles. The number of carbonyl (C=O) groups is 1. The summed E-state index contributed by atoms with van der Waals surface area (Å²) in [6.07, 6.45) is 3.38. The molecule has 0 heterocycles. The molecule has 2 rings (SSSR count). The van der Waals surface area contributed by atoms with Crippen molar-refractivity contribution in [2.45, 2.75) is 13.5 Å². The maximum atomic E-state index is 12.2. The van der Waals surface area contributed by atoms with Crippen LogP contribution in [-0.2, 0) is 11.3 Å². The van der Waals surface area contributed by atoms with E-state index in [2.05, 4.69) is 0 Å². The molecule has 0 N–H and O–H groups in total. The van der Waals surface area contributed by atoms with Gasteiger partial charge in [0.25, 0.3) is 0 Å². The van der Waals surface area contributed by atoms with Gasteiger partial charge in [0, 0.05) is 30.3 Å². The van der Waals surface area contributed by atoms with Crippen molar-refractivity contribution in [3.05, 3.63) is 70.3 Å². The van der Waals surface area contributed by atoms with Crippen molar-refractivity contribution >= 4 is 23.6 Å². The van der Waals surface area contributed by atoms with Crippen molar-refractivity contribution in [3.8, 4) is 5.75 Å². The molecule has 0 fully saturated rings. The lowest BCUT2D eigenvalue weighted by molar-refractivity contribution is -0.125. The van der Waals surface area contributed by atoms with Crippen LogP contribution in [0.3, 0.4) is 0 Å². The van der Waals surface area contributed by atoms with Gasteiger partial charge in [-0.1, -0.05) is 41.4 Å². The van der Waals surface area contributed by atoms with Gasteiger partial charge in [-0.15, -0.1) is 0 Å². The SMILES string of the molecule is COc1ccc(Cl)cc1CN(C)C(=O)/C=C/c1ccc(C)cc1. The average molecular weight is 330 g/mol. The maximum Gasteiger partial charge on any atom is 0.246 e. The third-order valence-corrected chi connectivity index (χ3v) is 3.76. The average Bonchev–Trinajstić information content (AvgIpc) is 2.54. The zero-order valence-corrected chi connectivity index (χ0v) is 14.3. The molecule has 0 aliphatic rings. The largest absolute Gasteiger partial charge is 0.496 e. The third-order valence-electron chi connectivity index (χ3n) is 3.52. The molecule has 0 radical (unpaired) electrons. The van der Waals surface area contributed by atoms with Crippen LogP contribution < -0.4 is 4.74 Å². The Morgan fingerprint density at radius 3 is 2.57 bits per heavy atom. The zero-order chi connectivity index (χ0) is 16.8. The number of aryl methyl sites for hydroxylation is 1. The summed E-state index contributed by atoms with van der Waals surface area (Å²) in [5.41, 5.74) is 3.07. The molecule has 2 aromatic rings. The van der Waals surface area contributed by atoms with E-state index in [0.717, 1.165) is 16.9 Å². The second-order valence-corrected chi connectivity index (χ2v) is 5.83. The summed E-state index contributed by atoms with van der Waals surface area (Å²) in [7, 11) is 3.36. The highest BCUT2D eigenvalue weighted by atomic mass is 35.5. The Hall–Kier alpha value is -2.26. The summed E-state index contributed by atoms with van der Waals surface area (Å²) >= 11 is 6.02. The first-order chi connectivity index (χ1) is 11.0. The van der Waals surface area contributed by atoms with E-state index in [9.17, 15) is 4.79 Å². The van der Waals surface area contributed by atoms with E-state index in [4.69, 9.17) is 16.3 Å². The second kappa shape index (κ2) is 7.84. The molecular weight excluding hydrogens is 310 g/mol. The number of methoxy groups -OCH3 is 1. The number of ether oxygens (including phenoxy) is 1. The van der Waals surface area contributed by atoms with Crippen LogP contribution >= 0.6 is 11.6 Å². The van der Waals surface area contributed by atoms with Crippen molar-refractivity contribution in [3.63, 3.8) is 0 Å². The van der Waals surface area contributed by atoms with Gasteiger partial charge < -0.3 is 9.64 Å². The third kappa shape index (κ3) is 4.86. The van der Waals surface area contributed by atoms with E-state index in [1.807, 2.05) is 43.3 Å². The van der Waals surface area contributed by atoms with Crippen LogP contribution in [0.1, 0.15) is 16.7 Å². The van der Waals surface area contributed by atoms with Crippen LogP contribution in [0.4, 0.5) is 0 Å². The number of likely N-dealkylation sites (N-methyl/N-ethyl adjacent to an activating group) is 1. The van der Waals surface area contributed by atoms with E-state index in [0.29, 0.717) is 11.6 Å². The maximum absolute atomic E-state index is 12.2. The van der Waals surface area contributed by atoms with Gasteiger partial charge in [-0.25, -0.2) is 0 Å². The number of halogens is 1. The highest BCUT2D eigenvalue weighted by Gasteiger charge is 2.10. The minimum atomic E-state index is -0.0763. The van der Waals surface area contributed by atoms with E-state index in [-0.39, 0.29) is 5.91 Å². The quantitative estimate of drug-likeness (QED) is 0.764. The Morgan fingerprint density at radius 1 is 1.22 bits per heavy atom. The number of carbonyl (C=O) groups excluding carboxylic acids is 1. The van der Waals surface area contributed by atoms with E-state index >= 15 is 0 Å². The summed E-state index contributed by atoms with van der Waals surface area (Å²) in [4.78, 5) is 13.9. The van der Waals surface area contributed by atoms with Crippen molar-refractivity contribution < 1.29 is 9.53 Å². The smallest absolute Gasteiger partial charge is 0.246 e. The topological polar surface area (TPSA) is 29.5 Å². The van der Waals surface area contributed by atoms with Crippen LogP contribution in [0, 0.1) is 6.92 Å². The summed E-state index contributed by atoms with van der Waals surface area (Å²) in [6.45, 7) is 2.46. The van der Waals surface area contributed by atoms with Crippen molar-refractivity contribution in [2.24, 2.45) is 0 Å². The summed E-state index contributed by atoms with van der Waals surface area (Å²) < 4.78 is 5.31. The van der Waals surface area contributed by atoms with Gasteiger partial charge in [0.15, 0.2) is 0 Å². The summed E-state index contributed by atoms with van der Waals surface area (Å²) in [6, 6.07) is 13.4. The molecule has 1 amide bonds. The van der Waals surface area contributed by atoms with E-state index in [1.165, 1.54) is 5.56 Å². The minimum Gasteiger partial charge on any atom is -0.496 e. The fraction of sp³-hybridized carbons (Fsp3) is 0.211. The Bertz CT molecular complexity index is 708. The summed E-state index contributed by atoms with van der Waals surface area (Å²) in [5.74, 6) is 0.643. The first-order valence-electron chi connectivity index (χ1n) is 7.32. The van der Waals surface area contributed by atoms with Gasteiger partial charge in [-0.3, -0.25) is 4.79 Å². The molecule has 0 aliphatic heterocycles. The van der Waals surface area contributed by atoms with Crippen molar-refractivity contribution in [1.29, 1.82) is 0 Å². The standard InChI is InChI=1S/C19H20ClNO2/c1-14-4-6-15(7-5-14)8-11-19(22)21(2)13-16-12-17(20)9-10-18(16)23-3/h4-12H,13H2,1-3H3/b11-8+. The monoisotopic (exact) mass is 329 g/mol. The number of hydrogen-bond donors (Lipinski definition) is 0. The molecule has 2 aromatic carbocycles. The molecule has 0 aliphatic carbocycles. The predicted molar refractivity (Wildman–Crippen MR) is 94.7 cm³/mol. The van der Waals surface area contributed by atoms with Gasteiger partial charge in [0.2, 0.25) is 5.91 Å². The molecule has 4 heteroatoms. The number of nitrogens with zero attached hydrogens (tertiary/aromatic N) is 1. The molecule has 0 aromatic heterocycles. The highest BCUT2D eigenvalue weighted by Crippen LogP contribution is 2.23. The molecule has 0 bridgehead atoms. The van der Waals surface area contributed by atoms with Gasteiger partial charge in [0.1, 0.15) is 5.75 Å². The number of benzene rings is 2. The van der Waals surface area contributed by atoms with Crippen LogP contribution in [0.5, 0.6) is 5.75 Å². The van der Waals surface area contributed by atoms with Gasteiger partial charge >= 0.3 is 0 Å². The Morgan fingerprint density at radius 2 is 1.91 bits per heavy atom. The highest BCUT2D eigenvalue weighted by molar-refractivity contribution is 6.30. The minimum absolute atomic E-state index is 0.0763. The fourth-order valence-corrected chi connectivity index (χ4v) is 2.37. The number of amides is 1. The van der Waals surface area contributed by atoms with Crippen molar-refractivity contribution in [1.82, 2.24) is 4.90 Å². The molecule has 0 saturated heterocycles.